The van der Waals surface area contributed by atoms with E-state index in [1.807, 2.05) is 0 Å². The Bertz CT molecular complexity index is 1130. The van der Waals surface area contributed by atoms with E-state index in [4.69, 9.17) is 14.2 Å². The summed E-state index contributed by atoms with van der Waals surface area (Å²) in [5, 5.41) is 0. The molecule has 0 unspecified atom stereocenters. The first-order valence-corrected chi connectivity index (χ1v) is 29.5. The van der Waals surface area contributed by atoms with Crippen LogP contribution in [0.2, 0.25) is 0 Å². The van der Waals surface area contributed by atoms with Crippen molar-refractivity contribution >= 4 is 17.9 Å². The van der Waals surface area contributed by atoms with Gasteiger partial charge in [-0.15, -0.1) is 0 Å². The van der Waals surface area contributed by atoms with Crippen molar-refractivity contribution in [2.24, 2.45) is 0 Å². The number of ether oxygens (including phenoxy) is 3. The third-order valence-electron chi connectivity index (χ3n) is 13.1. The molecule has 0 aliphatic rings. The lowest BCUT2D eigenvalue weighted by atomic mass is 10.0. The third kappa shape index (κ3) is 54.4. The molecule has 0 radical (unpaired) electrons. The van der Waals surface area contributed by atoms with E-state index in [-0.39, 0.29) is 31.1 Å². The van der Waals surface area contributed by atoms with E-state index in [0.29, 0.717) is 19.3 Å². The van der Waals surface area contributed by atoms with Gasteiger partial charge in [-0.1, -0.05) is 256 Å². The van der Waals surface area contributed by atoms with Crippen LogP contribution in [0.1, 0.15) is 316 Å². The molecule has 67 heavy (non-hydrogen) atoms. The molecule has 0 bridgehead atoms. The first kappa shape index (κ1) is 64.6. The molecule has 392 valence electrons. The Labute approximate surface area is 416 Å². The fraction of sp³-hybridized carbons (Fsp3) is 0.852. The van der Waals surface area contributed by atoms with Crippen LogP contribution in [-0.2, 0) is 28.6 Å². The minimum absolute atomic E-state index is 0.0765. The Morgan fingerprint density at radius 3 is 0.881 bits per heavy atom. The summed E-state index contributed by atoms with van der Waals surface area (Å²) < 4.78 is 16.9. The van der Waals surface area contributed by atoms with Crippen LogP contribution in [0.5, 0.6) is 0 Å². The minimum Gasteiger partial charge on any atom is -0.462 e. The van der Waals surface area contributed by atoms with Gasteiger partial charge in [0.1, 0.15) is 13.2 Å². The van der Waals surface area contributed by atoms with Crippen molar-refractivity contribution in [3.63, 3.8) is 0 Å². The monoisotopic (exact) mass is 941 g/mol. The Morgan fingerprint density at radius 2 is 0.537 bits per heavy atom. The largest absolute Gasteiger partial charge is 0.462 e. The standard InChI is InChI=1S/C61H112O6/c1-4-7-10-13-16-19-22-25-27-28-29-30-31-32-34-37-39-42-45-48-51-54-60(63)66-57-58(67-61(64)55-52-49-46-43-40-35-24-21-18-15-12-9-6-3)56-65-59(62)53-50-47-44-41-38-36-33-26-23-20-17-14-11-8-5-2/h17,20-21,24,26,33,58H,4-16,18-19,22-23,25,27-32,34-57H2,1-3H3/b20-17-,24-21-,33-26-/t58-/m1/s1. The van der Waals surface area contributed by atoms with Crippen LogP contribution in [0, 0.1) is 0 Å². The molecule has 0 aliphatic heterocycles. The zero-order chi connectivity index (χ0) is 48.6. The lowest BCUT2D eigenvalue weighted by Gasteiger charge is -2.18. The number of hydrogen-bond donors (Lipinski definition) is 0. The second-order valence-corrected chi connectivity index (χ2v) is 19.9. The van der Waals surface area contributed by atoms with Gasteiger partial charge in [0.25, 0.3) is 0 Å². The summed E-state index contributed by atoms with van der Waals surface area (Å²) in [6.45, 7) is 6.62. The molecule has 0 N–H and O–H groups in total. The zero-order valence-electron chi connectivity index (χ0n) is 44.9. The van der Waals surface area contributed by atoms with Gasteiger partial charge in [0, 0.05) is 19.3 Å². The predicted octanol–water partition coefficient (Wildman–Crippen LogP) is 19.7. The molecule has 1 atom stereocenters. The average Bonchev–Trinajstić information content (AvgIpc) is 3.33. The van der Waals surface area contributed by atoms with Crippen molar-refractivity contribution in [3.05, 3.63) is 36.5 Å². The predicted molar refractivity (Wildman–Crippen MR) is 289 cm³/mol. The lowest BCUT2D eigenvalue weighted by Crippen LogP contribution is -2.30. The van der Waals surface area contributed by atoms with Crippen molar-refractivity contribution in [2.75, 3.05) is 13.2 Å². The minimum atomic E-state index is -0.779. The van der Waals surface area contributed by atoms with Crippen LogP contribution in [0.25, 0.3) is 0 Å². The molecule has 0 saturated heterocycles. The molecular weight excluding hydrogens is 829 g/mol. The highest BCUT2D eigenvalue weighted by molar-refractivity contribution is 5.71. The number of unbranched alkanes of at least 4 members (excludes halogenated alkanes) is 37. The van der Waals surface area contributed by atoms with Crippen molar-refractivity contribution in [2.45, 2.75) is 322 Å². The average molecular weight is 942 g/mol. The Balaban J connectivity index is 4.29. The third-order valence-corrected chi connectivity index (χ3v) is 13.1. The molecule has 0 aromatic heterocycles. The fourth-order valence-corrected chi connectivity index (χ4v) is 8.65. The van der Waals surface area contributed by atoms with Crippen LogP contribution in [0.15, 0.2) is 36.5 Å². The molecule has 6 heteroatoms. The van der Waals surface area contributed by atoms with Gasteiger partial charge in [-0.3, -0.25) is 14.4 Å². The van der Waals surface area contributed by atoms with Gasteiger partial charge >= 0.3 is 17.9 Å². The lowest BCUT2D eigenvalue weighted by molar-refractivity contribution is -0.167. The molecule has 0 heterocycles. The highest BCUT2D eigenvalue weighted by atomic mass is 16.6. The molecule has 0 aliphatic carbocycles. The SMILES string of the molecule is CCCCC/C=C\C/C=C\CCCCCCCC(=O)OC[C@H](COC(=O)CCCCCCCCCCCCCCCCCCCCCCC)OC(=O)CCCCCCC/C=C\CCCCCC. The number of rotatable bonds is 54. The van der Waals surface area contributed by atoms with E-state index in [9.17, 15) is 14.4 Å². The topological polar surface area (TPSA) is 78.9 Å². The molecule has 0 amide bonds. The van der Waals surface area contributed by atoms with Gasteiger partial charge in [0.15, 0.2) is 6.10 Å². The van der Waals surface area contributed by atoms with E-state index in [1.165, 1.54) is 186 Å². The molecule has 0 spiro atoms. The summed E-state index contributed by atoms with van der Waals surface area (Å²) in [7, 11) is 0. The highest BCUT2D eigenvalue weighted by Gasteiger charge is 2.19. The zero-order valence-corrected chi connectivity index (χ0v) is 44.9. The van der Waals surface area contributed by atoms with Crippen LogP contribution in [0.4, 0.5) is 0 Å². The molecule has 0 rings (SSSR count). The number of carbonyl (C=O) groups excluding carboxylic acids is 3. The number of carbonyl (C=O) groups is 3. The summed E-state index contributed by atoms with van der Waals surface area (Å²) >= 11 is 0. The summed E-state index contributed by atoms with van der Waals surface area (Å²) in [5.74, 6) is -0.883. The Hall–Kier alpha value is -2.37. The van der Waals surface area contributed by atoms with Crippen LogP contribution in [-0.4, -0.2) is 37.2 Å². The van der Waals surface area contributed by atoms with Crippen molar-refractivity contribution in [1.82, 2.24) is 0 Å². The van der Waals surface area contributed by atoms with E-state index >= 15 is 0 Å². The molecule has 0 saturated carbocycles. The fourth-order valence-electron chi connectivity index (χ4n) is 8.65. The van der Waals surface area contributed by atoms with Crippen LogP contribution < -0.4 is 0 Å². The first-order valence-electron chi connectivity index (χ1n) is 29.5. The van der Waals surface area contributed by atoms with Crippen molar-refractivity contribution in [1.29, 1.82) is 0 Å². The van der Waals surface area contributed by atoms with E-state index < -0.39 is 6.10 Å². The van der Waals surface area contributed by atoms with Gasteiger partial charge in [0.05, 0.1) is 0 Å². The van der Waals surface area contributed by atoms with E-state index in [2.05, 4.69) is 57.2 Å². The van der Waals surface area contributed by atoms with E-state index in [0.717, 1.165) is 89.9 Å². The number of esters is 3. The Kier molecular flexibility index (Phi) is 54.2. The molecule has 0 aromatic carbocycles. The Morgan fingerprint density at radius 1 is 0.299 bits per heavy atom. The maximum atomic E-state index is 12.8. The quantitative estimate of drug-likeness (QED) is 0.0262. The first-order chi connectivity index (χ1) is 33.0. The van der Waals surface area contributed by atoms with Crippen LogP contribution in [0.3, 0.4) is 0 Å². The molecular formula is C61H112O6. The van der Waals surface area contributed by atoms with Gasteiger partial charge in [-0.05, 0) is 77.0 Å². The van der Waals surface area contributed by atoms with E-state index in [1.54, 1.807) is 0 Å². The summed E-state index contributed by atoms with van der Waals surface area (Å²) in [6.07, 6.45) is 67.1. The normalized spacial score (nSPS) is 12.2. The van der Waals surface area contributed by atoms with Gasteiger partial charge in [-0.25, -0.2) is 0 Å². The smallest absolute Gasteiger partial charge is 0.306 e. The second-order valence-electron chi connectivity index (χ2n) is 19.9. The van der Waals surface area contributed by atoms with Gasteiger partial charge < -0.3 is 14.2 Å². The van der Waals surface area contributed by atoms with Gasteiger partial charge in [0.2, 0.25) is 0 Å². The van der Waals surface area contributed by atoms with Gasteiger partial charge in [-0.2, -0.15) is 0 Å². The van der Waals surface area contributed by atoms with Crippen LogP contribution >= 0.6 is 0 Å². The molecule has 6 nitrogen and oxygen atoms in total. The van der Waals surface area contributed by atoms with Crippen molar-refractivity contribution < 1.29 is 28.6 Å². The maximum Gasteiger partial charge on any atom is 0.306 e. The molecule has 0 aromatic rings. The van der Waals surface area contributed by atoms with Crippen molar-refractivity contribution in [3.8, 4) is 0 Å². The highest BCUT2D eigenvalue weighted by Crippen LogP contribution is 2.17. The molecule has 0 fully saturated rings. The summed E-state index contributed by atoms with van der Waals surface area (Å²) in [5.41, 5.74) is 0. The second kappa shape index (κ2) is 56.2. The number of allylic oxidation sites excluding steroid dienone is 6. The maximum absolute atomic E-state index is 12.8. The summed E-state index contributed by atoms with van der Waals surface area (Å²) in [4.78, 5) is 38.1. The number of hydrogen-bond acceptors (Lipinski definition) is 6. The summed E-state index contributed by atoms with van der Waals surface area (Å²) in [6, 6.07) is 0.